The minimum Gasteiger partial charge on any atom is -0.489 e. The highest BCUT2D eigenvalue weighted by molar-refractivity contribution is 6.36. The van der Waals surface area contributed by atoms with Gasteiger partial charge < -0.3 is 14.8 Å². The molecule has 0 saturated heterocycles. The van der Waals surface area contributed by atoms with Crippen LogP contribution in [0.5, 0.6) is 5.75 Å². The second-order valence-corrected chi connectivity index (χ2v) is 8.06. The summed E-state index contributed by atoms with van der Waals surface area (Å²) in [5.74, 6) is -0.305. The molecule has 0 radical (unpaired) electrons. The summed E-state index contributed by atoms with van der Waals surface area (Å²) in [6.45, 7) is 2.34. The van der Waals surface area contributed by atoms with Crippen LogP contribution in [0.15, 0.2) is 60.7 Å². The van der Waals surface area contributed by atoms with Crippen molar-refractivity contribution >= 4 is 52.4 Å². The lowest BCUT2D eigenvalue weighted by Gasteiger charge is -2.12. The van der Waals surface area contributed by atoms with Crippen LogP contribution in [0.2, 0.25) is 15.1 Å². The predicted octanol–water partition coefficient (Wildman–Crippen LogP) is 6.58. The number of amides is 1. The Morgan fingerprint density at radius 3 is 2.44 bits per heavy atom. The third-order valence-electron chi connectivity index (χ3n) is 4.41. The minimum absolute atomic E-state index is 0.0969. The first-order valence-corrected chi connectivity index (χ1v) is 10.9. The topological polar surface area (TPSA) is 64.6 Å². The van der Waals surface area contributed by atoms with Gasteiger partial charge in [-0.1, -0.05) is 53.0 Å². The summed E-state index contributed by atoms with van der Waals surface area (Å²) in [4.78, 5) is 24.4. The number of ether oxygens (including phenoxy) is 2. The maximum absolute atomic E-state index is 12.8. The van der Waals surface area contributed by atoms with Gasteiger partial charge in [-0.25, -0.2) is 0 Å². The van der Waals surface area contributed by atoms with Crippen molar-refractivity contribution in [3.63, 3.8) is 0 Å². The van der Waals surface area contributed by atoms with Crippen LogP contribution in [0.25, 0.3) is 0 Å². The summed E-state index contributed by atoms with van der Waals surface area (Å²) in [5, 5.41) is 3.92. The lowest BCUT2D eigenvalue weighted by molar-refractivity contribution is -0.142. The molecule has 0 aliphatic rings. The molecule has 0 aliphatic heterocycles. The smallest absolute Gasteiger partial charge is 0.310 e. The van der Waals surface area contributed by atoms with Gasteiger partial charge in [0.15, 0.2) is 0 Å². The summed E-state index contributed by atoms with van der Waals surface area (Å²) >= 11 is 18.5. The van der Waals surface area contributed by atoms with Crippen LogP contribution in [0.1, 0.15) is 28.4 Å². The fourth-order valence-corrected chi connectivity index (χ4v) is 3.57. The average molecular weight is 493 g/mol. The molecule has 5 nitrogen and oxygen atoms in total. The Labute approximate surface area is 201 Å². The Morgan fingerprint density at radius 2 is 1.72 bits per heavy atom. The number of esters is 1. The molecule has 8 heteroatoms. The van der Waals surface area contributed by atoms with E-state index in [0.29, 0.717) is 33.7 Å². The van der Waals surface area contributed by atoms with Crippen molar-refractivity contribution in [2.45, 2.75) is 20.0 Å². The van der Waals surface area contributed by atoms with Crippen molar-refractivity contribution in [2.75, 3.05) is 11.9 Å². The number of nitrogens with one attached hydrogen (secondary N) is 1. The van der Waals surface area contributed by atoms with Crippen molar-refractivity contribution in [2.24, 2.45) is 0 Å². The summed E-state index contributed by atoms with van der Waals surface area (Å²) in [6.07, 6.45) is 0.0969. The molecule has 32 heavy (non-hydrogen) atoms. The van der Waals surface area contributed by atoms with Gasteiger partial charge in [-0.3, -0.25) is 9.59 Å². The maximum atomic E-state index is 12.8. The standard InChI is InChI=1S/C24H20Cl3NO4/c1-2-31-23(29)12-15-6-9-22(21(27)11-15)28-24(30)19-13-18(7-8-20(19)26)32-14-16-4-3-5-17(25)10-16/h3-11,13H,2,12,14H2,1H3,(H,28,30). The zero-order valence-corrected chi connectivity index (χ0v) is 19.4. The third-order valence-corrected chi connectivity index (χ3v) is 5.29. The van der Waals surface area contributed by atoms with Gasteiger partial charge in [0.05, 0.1) is 34.3 Å². The molecule has 3 rings (SSSR count). The van der Waals surface area contributed by atoms with E-state index in [1.165, 1.54) is 0 Å². The van der Waals surface area contributed by atoms with E-state index in [1.54, 1.807) is 55.5 Å². The number of carbonyl (C=O) groups is 2. The molecule has 166 valence electrons. The molecule has 0 saturated carbocycles. The maximum Gasteiger partial charge on any atom is 0.310 e. The van der Waals surface area contributed by atoms with E-state index < -0.39 is 5.91 Å². The van der Waals surface area contributed by atoms with E-state index in [-0.39, 0.29) is 29.6 Å². The van der Waals surface area contributed by atoms with Crippen LogP contribution in [0.4, 0.5) is 5.69 Å². The zero-order valence-electron chi connectivity index (χ0n) is 17.2. The molecule has 1 amide bonds. The van der Waals surface area contributed by atoms with E-state index in [2.05, 4.69) is 5.32 Å². The Kier molecular flexibility index (Phi) is 8.39. The van der Waals surface area contributed by atoms with E-state index in [9.17, 15) is 9.59 Å². The first kappa shape index (κ1) is 23.9. The number of carbonyl (C=O) groups excluding carboxylic acids is 2. The fraction of sp³-hybridized carbons (Fsp3) is 0.167. The SMILES string of the molecule is CCOC(=O)Cc1ccc(NC(=O)c2cc(OCc3cccc(Cl)c3)ccc2Cl)c(Cl)c1. The quantitative estimate of drug-likeness (QED) is 0.361. The molecule has 0 bridgehead atoms. The Hall–Kier alpha value is -2.73. The minimum atomic E-state index is -0.441. The summed E-state index contributed by atoms with van der Waals surface area (Å²) in [5.41, 5.74) is 2.21. The predicted molar refractivity (Wildman–Crippen MR) is 127 cm³/mol. The molecular weight excluding hydrogens is 473 g/mol. The van der Waals surface area contributed by atoms with Crippen molar-refractivity contribution in [3.8, 4) is 5.75 Å². The van der Waals surface area contributed by atoms with Crippen LogP contribution >= 0.6 is 34.8 Å². The van der Waals surface area contributed by atoms with Crippen molar-refractivity contribution < 1.29 is 19.1 Å². The summed E-state index contributed by atoms with van der Waals surface area (Å²) in [7, 11) is 0. The third kappa shape index (κ3) is 6.63. The first-order valence-electron chi connectivity index (χ1n) is 9.78. The molecule has 0 unspecified atom stereocenters. The molecule has 3 aromatic carbocycles. The lowest BCUT2D eigenvalue weighted by atomic mass is 10.1. The number of anilines is 1. The van der Waals surface area contributed by atoms with Crippen LogP contribution in [0.3, 0.4) is 0 Å². The van der Waals surface area contributed by atoms with E-state index in [0.717, 1.165) is 5.56 Å². The largest absolute Gasteiger partial charge is 0.489 e. The van der Waals surface area contributed by atoms with Crippen LogP contribution in [-0.4, -0.2) is 18.5 Å². The second kappa shape index (κ2) is 11.2. The van der Waals surface area contributed by atoms with Gasteiger partial charge in [-0.05, 0) is 60.5 Å². The van der Waals surface area contributed by atoms with Crippen molar-refractivity contribution in [1.82, 2.24) is 0 Å². The van der Waals surface area contributed by atoms with E-state index in [4.69, 9.17) is 44.3 Å². The highest BCUT2D eigenvalue weighted by Crippen LogP contribution is 2.27. The van der Waals surface area contributed by atoms with Crippen molar-refractivity contribution in [3.05, 3.63) is 92.4 Å². The molecular formula is C24H20Cl3NO4. The molecule has 0 heterocycles. The number of hydrogen-bond acceptors (Lipinski definition) is 4. The van der Waals surface area contributed by atoms with Gasteiger partial charge >= 0.3 is 5.97 Å². The Bertz CT molecular complexity index is 1130. The summed E-state index contributed by atoms with van der Waals surface area (Å²) < 4.78 is 10.7. The van der Waals surface area contributed by atoms with Gasteiger partial charge in [-0.2, -0.15) is 0 Å². The molecule has 0 spiro atoms. The molecule has 0 atom stereocenters. The van der Waals surface area contributed by atoms with Gasteiger partial charge in [0.1, 0.15) is 12.4 Å². The molecule has 1 N–H and O–H groups in total. The Balaban J connectivity index is 1.69. The number of rotatable bonds is 8. The van der Waals surface area contributed by atoms with E-state index >= 15 is 0 Å². The highest BCUT2D eigenvalue weighted by atomic mass is 35.5. The van der Waals surface area contributed by atoms with Crippen LogP contribution < -0.4 is 10.1 Å². The first-order chi connectivity index (χ1) is 15.4. The monoisotopic (exact) mass is 491 g/mol. The molecule has 3 aromatic rings. The van der Waals surface area contributed by atoms with E-state index in [1.807, 2.05) is 12.1 Å². The second-order valence-electron chi connectivity index (χ2n) is 6.81. The van der Waals surface area contributed by atoms with Gasteiger partial charge in [0, 0.05) is 5.02 Å². The molecule has 0 aliphatic carbocycles. The zero-order chi connectivity index (χ0) is 23.1. The van der Waals surface area contributed by atoms with Gasteiger partial charge in [0.25, 0.3) is 5.91 Å². The lowest BCUT2D eigenvalue weighted by Crippen LogP contribution is -2.13. The number of benzene rings is 3. The van der Waals surface area contributed by atoms with Crippen molar-refractivity contribution in [1.29, 1.82) is 0 Å². The molecule has 0 aromatic heterocycles. The normalized spacial score (nSPS) is 10.5. The summed E-state index contributed by atoms with van der Waals surface area (Å²) in [6, 6.07) is 17.1. The average Bonchev–Trinajstić information content (AvgIpc) is 2.75. The molecule has 0 fully saturated rings. The number of halogens is 3. The van der Waals surface area contributed by atoms with Crippen LogP contribution in [-0.2, 0) is 22.6 Å². The fourth-order valence-electron chi connectivity index (χ4n) is 2.90. The number of hydrogen-bond donors (Lipinski definition) is 1. The highest BCUT2D eigenvalue weighted by Gasteiger charge is 2.15. The van der Waals surface area contributed by atoms with Crippen LogP contribution in [0, 0.1) is 0 Å². The van der Waals surface area contributed by atoms with Gasteiger partial charge in [0.2, 0.25) is 0 Å². The van der Waals surface area contributed by atoms with Gasteiger partial charge in [-0.15, -0.1) is 0 Å². The Morgan fingerprint density at radius 1 is 0.906 bits per heavy atom.